The maximum absolute atomic E-state index is 13.8. The minimum Gasteiger partial charge on any atom is -0.353 e. The third kappa shape index (κ3) is 2.37. The summed E-state index contributed by atoms with van der Waals surface area (Å²) in [5.74, 6) is -2.71. The average molecular weight is 281 g/mol. The number of nitrogens with zero attached hydrogens (tertiary/aromatic N) is 2. The Morgan fingerprint density at radius 1 is 1.15 bits per heavy atom. The zero-order valence-electron chi connectivity index (χ0n) is 10.7. The van der Waals surface area contributed by atoms with Gasteiger partial charge in [-0.3, -0.25) is 4.57 Å². The van der Waals surface area contributed by atoms with Crippen LogP contribution in [0.1, 0.15) is 25.7 Å². The van der Waals surface area contributed by atoms with Gasteiger partial charge in [0.05, 0.1) is 5.69 Å². The normalized spacial score (nSPS) is 15.8. The first-order chi connectivity index (χ1) is 9.65. The number of aromatic nitrogens is 2. The lowest BCUT2D eigenvalue weighted by molar-refractivity contribution is 0.490. The molecule has 1 saturated carbocycles. The number of halogens is 3. The van der Waals surface area contributed by atoms with Gasteiger partial charge < -0.3 is 5.32 Å². The molecule has 0 atom stereocenters. The summed E-state index contributed by atoms with van der Waals surface area (Å²) in [4.78, 5) is 4.10. The van der Waals surface area contributed by atoms with Crippen molar-refractivity contribution in [2.24, 2.45) is 0 Å². The standard InChI is InChI=1S/C14H14F3N3/c15-9-7-11(16)13(17)12(8-9)20-6-5-18-14(20)19-10-3-1-2-4-10/h5-8,10H,1-4H2,(H,18,19). The molecule has 3 nitrogen and oxygen atoms in total. The number of benzene rings is 1. The van der Waals surface area contributed by atoms with Crippen molar-refractivity contribution >= 4 is 5.95 Å². The van der Waals surface area contributed by atoms with Crippen LogP contribution in [0, 0.1) is 17.5 Å². The summed E-state index contributed by atoms with van der Waals surface area (Å²) in [7, 11) is 0. The summed E-state index contributed by atoms with van der Waals surface area (Å²) < 4.78 is 41.7. The molecule has 0 bridgehead atoms. The second kappa shape index (κ2) is 5.19. The third-order valence-electron chi connectivity index (χ3n) is 3.56. The molecule has 1 N–H and O–H groups in total. The molecule has 1 aromatic carbocycles. The lowest BCUT2D eigenvalue weighted by Crippen LogP contribution is -2.18. The molecule has 2 aromatic rings. The summed E-state index contributed by atoms with van der Waals surface area (Å²) in [5.41, 5.74) is -0.180. The maximum Gasteiger partial charge on any atom is 0.207 e. The predicted molar refractivity (Wildman–Crippen MR) is 69.3 cm³/mol. The molecule has 1 aromatic heterocycles. The zero-order chi connectivity index (χ0) is 14.1. The van der Waals surface area contributed by atoms with Gasteiger partial charge in [-0.05, 0) is 12.8 Å². The number of imidazole rings is 1. The summed E-state index contributed by atoms with van der Waals surface area (Å²) >= 11 is 0. The molecule has 1 aliphatic carbocycles. The van der Waals surface area contributed by atoms with E-state index in [0.717, 1.165) is 31.7 Å². The van der Waals surface area contributed by atoms with Gasteiger partial charge in [0, 0.05) is 30.6 Å². The van der Waals surface area contributed by atoms with E-state index >= 15 is 0 Å². The SMILES string of the molecule is Fc1cc(F)c(F)c(-n2ccnc2NC2CCCC2)c1. The topological polar surface area (TPSA) is 29.9 Å². The quantitative estimate of drug-likeness (QED) is 0.870. The highest BCUT2D eigenvalue weighted by Crippen LogP contribution is 2.25. The number of nitrogens with one attached hydrogen (secondary N) is 1. The van der Waals surface area contributed by atoms with Gasteiger partial charge in [-0.25, -0.2) is 18.2 Å². The molecule has 1 heterocycles. The summed E-state index contributed by atoms with van der Waals surface area (Å²) in [6, 6.07) is 1.76. The Kier molecular flexibility index (Phi) is 3.38. The van der Waals surface area contributed by atoms with Crippen LogP contribution in [0.3, 0.4) is 0 Å². The van der Waals surface area contributed by atoms with Crippen molar-refractivity contribution in [2.75, 3.05) is 5.32 Å². The summed E-state index contributed by atoms with van der Waals surface area (Å²) in [5, 5.41) is 3.19. The fourth-order valence-electron chi connectivity index (χ4n) is 2.58. The van der Waals surface area contributed by atoms with Crippen LogP contribution < -0.4 is 5.32 Å². The first kappa shape index (κ1) is 13.0. The lowest BCUT2D eigenvalue weighted by Gasteiger charge is -2.15. The van der Waals surface area contributed by atoms with Gasteiger partial charge in [0.1, 0.15) is 5.82 Å². The van der Waals surface area contributed by atoms with Crippen LogP contribution in [0.4, 0.5) is 19.1 Å². The van der Waals surface area contributed by atoms with E-state index in [1.165, 1.54) is 17.0 Å². The Morgan fingerprint density at radius 2 is 1.90 bits per heavy atom. The Morgan fingerprint density at radius 3 is 2.65 bits per heavy atom. The van der Waals surface area contributed by atoms with Gasteiger partial charge in [-0.1, -0.05) is 12.8 Å². The van der Waals surface area contributed by atoms with E-state index in [1.807, 2.05) is 0 Å². The Hall–Kier alpha value is -1.98. The molecule has 0 aliphatic heterocycles. The van der Waals surface area contributed by atoms with Crippen LogP contribution in [0.25, 0.3) is 5.69 Å². The molecule has 0 spiro atoms. The van der Waals surface area contributed by atoms with Gasteiger partial charge in [0.15, 0.2) is 11.6 Å². The number of anilines is 1. The van der Waals surface area contributed by atoms with Crippen LogP contribution in [0.2, 0.25) is 0 Å². The molecule has 20 heavy (non-hydrogen) atoms. The fraction of sp³-hybridized carbons (Fsp3) is 0.357. The molecule has 3 rings (SSSR count). The third-order valence-corrected chi connectivity index (χ3v) is 3.56. The zero-order valence-corrected chi connectivity index (χ0v) is 10.7. The molecule has 106 valence electrons. The van der Waals surface area contributed by atoms with Gasteiger partial charge in [-0.15, -0.1) is 0 Å². The smallest absolute Gasteiger partial charge is 0.207 e. The molecule has 0 unspecified atom stereocenters. The van der Waals surface area contributed by atoms with Gasteiger partial charge in [0.25, 0.3) is 0 Å². The summed E-state index contributed by atoms with van der Waals surface area (Å²) in [6.07, 6.45) is 7.27. The van der Waals surface area contributed by atoms with E-state index < -0.39 is 17.5 Å². The number of hydrogen-bond acceptors (Lipinski definition) is 2. The van der Waals surface area contributed by atoms with E-state index in [2.05, 4.69) is 10.3 Å². The van der Waals surface area contributed by atoms with E-state index in [9.17, 15) is 13.2 Å². The van der Waals surface area contributed by atoms with Crippen molar-refractivity contribution < 1.29 is 13.2 Å². The Bertz CT molecular complexity index is 618. The van der Waals surface area contributed by atoms with Crippen LogP contribution >= 0.6 is 0 Å². The van der Waals surface area contributed by atoms with Gasteiger partial charge in [-0.2, -0.15) is 0 Å². The highest BCUT2D eigenvalue weighted by atomic mass is 19.2. The van der Waals surface area contributed by atoms with Crippen molar-refractivity contribution in [3.05, 3.63) is 42.0 Å². The first-order valence-electron chi connectivity index (χ1n) is 6.60. The van der Waals surface area contributed by atoms with Crippen molar-refractivity contribution in [1.82, 2.24) is 9.55 Å². The molecule has 0 saturated heterocycles. The molecule has 1 aliphatic rings. The summed E-state index contributed by atoms with van der Waals surface area (Å²) in [6.45, 7) is 0. The Labute approximate surface area is 114 Å². The lowest BCUT2D eigenvalue weighted by atomic mass is 10.2. The van der Waals surface area contributed by atoms with E-state index in [-0.39, 0.29) is 11.7 Å². The van der Waals surface area contributed by atoms with Gasteiger partial charge >= 0.3 is 0 Å². The minimum absolute atomic E-state index is 0.180. The van der Waals surface area contributed by atoms with Gasteiger partial charge in [0.2, 0.25) is 5.95 Å². The Balaban J connectivity index is 1.96. The molecule has 0 radical (unpaired) electrons. The largest absolute Gasteiger partial charge is 0.353 e. The monoisotopic (exact) mass is 281 g/mol. The van der Waals surface area contributed by atoms with Crippen molar-refractivity contribution in [2.45, 2.75) is 31.7 Å². The molecular formula is C14H14F3N3. The first-order valence-corrected chi connectivity index (χ1v) is 6.60. The van der Waals surface area contributed by atoms with E-state index in [4.69, 9.17) is 0 Å². The fourth-order valence-corrected chi connectivity index (χ4v) is 2.58. The van der Waals surface area contributed by atoms with Crippen molar-refractivity contribution in [3.8, 4) is 5.69 Å². The van der Waals surface area contributed by atoms with Crippen LogP contribution in [-0.4, -0.2) is 15.6 Å². The van der Waals surface area contributed by atoms with E-state index in [0.29, 0.717) is 12.0 Å². The minimum atomic E-state index is -1.21. The number of hydrogen-bond donors (Lipinski definition) is 1. The highest BCUT2D eigenvalue weighted by molar-refractivity contribution is 5.44. The number of rotatable bonds is 3. The van der Waals surface area contributed by atoms with Crippen LogP contribution in [0.5, 0.6) is 0 Å². The molecule has 1 fully saturated rings. The van der Waals surface area contributed by atoms with Crippen LogP contribution in [0.15, 0.2) is 24.5 Å². The highest BCUT2D eigenvalue weighted by Gasteiger charge is 2.19. The predicted octanol–water partition coefficient (Wildman–Crippen LogP) is 3.64. The van der Waals surface area contributed by atoms with Crippen molar-refractivity contribution in [1.29, 1.82) is 0 Å². The second-order valence-electron chi connectivity index (χ2n) is 4.97. The molecule has 6 heteroatoms. The molecule has 0 amide bonds. The molecular weight excluding hydrogens is 267 g/mol. The van der Waals surface area contributed by atoms with E-state index in [1.54, 1.807) is 0 Å². The second-order valence-corrected chi connectivity index (χ2v) is 4.97. The maximum atomic E-state index is 13.8. The van der Waals surface area contributed by atoms with Crippen molar-refractivity contribution in [3.63, 3.8) is 0 Å². The van der Waals surface area contributed by atoms with Crippen LogP contribution in [-0.2, 0) is 0 Å². The average Bonchev–Trinajstić information content (AvgIpc) is 3.06.